The molecule has 7 heteroatoms. The average molecular weight is 319 g/mol. The largest absolute Gasteiger partial charge is 0.417 e. The fourth-order valence-electron chi connectivity index (χ4n) is 1.38. The molecule has 0 amide bonds. The molecule has 0 radical (unpaired) electrons. The van der Waals surface area contributed by atoms with E-state index in [2.05, 4.69) is 19.6 Å². The third kappa shape index (κ3) is 3.85. The molecule has 96 valence electrons. The normalized spacial score (nSPS) is 13.2. The van der Waals surface area contributed by atoms with E-state index < -0.39 is 26.4 Å². The summed E-state index contributed by atoms with van der Waals surface area (Å²) in [6.45, 7) is 4.38. The lowest BCUT2D eigenvalue weighted by Gasteiger charge is -2.20. The molecule has 0 saturated carbocycles. The monoisotopic (exact) mass is 318 g/mol. The molecule has 17 heavy (non-hydrogen) atoms. The van der Waals surface area contributed by atoms with Crippen LogP contribution in [0.3, 0.4) is 0 Å². The van der Waals surface area contributed by atoms with E-state index in [4.69, 9.17) is 22.5 Å². The van der Waals surface area contributed by atoms with E-state index in [1.54, 1.807) is 0 Å². The van der Waals surface area contributed by atoms with Gasteiger partial charge in [0.2, 0.25) is 0 Å². The van der Waals surface area contributed by atoms with Crippen molar-refractivity contribution in [2.75, 3.05) is 0 Å². The van der Waals surface area contributed by atoms with Crippen molar-refractivity contribution in [3.8, 4) is 0 Å². The van der Waals surface area contributed by atoms with Crippen LogP contribution in [0.2, 0.25) is 19.6 Å². The smallest absolute Gasteiger partial charge is 0.166 e. The zero-order chi connectivity index (χ0) is 13.4. The second-order valence-corrected chi connectivity index (χ2v) is 13.3. The summed E-state index contributed by atoms with van der Waals surface area (Å²) >= 11 is 11.4. The Morgan fingerprint density at radius 1 is 1.12 bits per heavy atom. The number of rotatable bonds is 2. The van der Waals surface area contributed by atoms with E-state index in [1.807, 2.05) is 0 Å². The van der Waals surface area contributed by atoms with Gasteiger partial charge in [-0.3, -0.25) is 0 Å². The molecule has 1 aromatic carbocycles. The fourth-order valence-corrected chi connectivity index (χ4v) is 4.12. The van der Waals surface area contributed by atoms with Crippen LogP contribution in [0.4, 0.5) is 13.2 Å². The molecular weight excluding hydrogens is 307 g/mol. The molecule has 0 N–H and O–H groups in total. The van der Waals surface area contributed by atoms with Gasteiger partial charge in [-0.2, -0.15) is 13.2 Å². The van der Waals surface area contributed by atoms with Gasteiger partial charge < -0.3 is 0 Å². The highest BCUT2D eigenvalue weighted by Gasteiger charge is 2.35. The van der Waals surface area contributed by atoms with Gasteiger partial charge in [-0.25, -0.2) is 0 Å². The van der Waals surface area contributed by atoms with Gasteiger partial charge in [-0.15, -0.1) is 0 Å². The van der Waals surface area contributed by atoms with Crippen molar-refractivity contribution in [3.63, 3.8) is 0 Å². The number of alkyl halides is 3. The molecular formula is C10H12Cl2F3PSi. The third-order valence-electron chi connectivity index (χ3n) is 2.35. The van der Waals surface area contributed by atoms with Gasteiger partial charge in [0, 0.05) is 5.30 Å². The van der Waals surface area contributed by atoms with Crippen LogP contribution in [0, 0.1) is 0 Å². The Bertz CT molecular complexity index is 413. The third-order valence-corrected chi connectivity index (χ3v) is 6.22. The minimum absolute atomic E-state index is 0.00996. The first kappa shape index (κ1) is 15.3. The van der Waals surface area contributed by atoms with E-state index in [9.17, 15) is 13.2 Å². The lowest BCUT2D eigenvalue weighted by Crippen LogP contribution is -2.39. The van der Waals surface area contributed by atoms with Crippen molar-refractivity contribution in [1.82, 2.24) is 0 Å². The average Bonchev–Trinajstić information content (AvgIpc) is 2.14. The lowest BCUT2D eigenvalue weighted by molar-refractivity contribution is -0.136. The Morgan fingerprint density at radius 3 is 2.00 bits per heavy atom. The number of hydrogen-bond acceptors (Lipinski definition) is 0. The SMILES string of the molecule is C[Si](C)(C)c1ccc(C(F)(F)F)c(P(Cl)Cl)c1. The van der Waals surface area contributed by atoms with Gasteiger partial charge in [-0.1, -0.05) is 59.4 Å². The molecule has 0 bridgehead atoms. The molecule has 0 aromatic heterocycles. The van der Waals surface area contributed by atoms with E-state index in [0.717, 1.165) is 11.3 Å². The molecule has 0 fully saturated rings. The molecule has 0 heterocycles. The summed E-state index contributed by atoms with van der Waals surface area (Å²) in [5, 5.41) is 0.935. The van der Waals surface area contributed by atoms with Crippen LogP contribution in [-0.4, -0.2) is 8.07 Å². The van der Waals surface area contributed by atoms with Gasteiger partial charge >= 0.3 is 6.18 Å². The van der Waals surface area contributed by atoms with Crippen LogP contribution in [0.1, 0.15) is 5.56 Å². The Morgan fingerprint density at radius 2 is 1.65 bits per heavy atom. The van der Waals surface area contributed by atoms with E-state index in [0.29, 0.717) is 0 Å². The fraction of sp³-hybridized carbons (Fsp3) is 0.400. The molecule has 0 spiro atoms. The number of hydrogen-bond donors (Lipinski definition) is 0. The second kappa shape index (κ2) is 5.08. The summed E-state index contributed by atoms with van der Waals surface area (Å²) in [6, 6.07) is 4.13. The Hall–Kier alpha value is 0.237. The minimum Gasteiger partial charge on any atom is -0.166 e. The van der Waals surface area contributed by atoms with Crippen molar-refractivity contribution in [3.05, 3.63) is 23.8 Å². The van der Waals surface area contributed by atoms with Crippen LogP contribution in [0.15, 0.2) is 18.2 Å². The Labute approximate surface area is 110 Å². The predicted octanol–water partition coefficient (Wildman–Crippen LogP) is 4.67. The number of benzene rings is 1. The molecule has 1 rings (SSSR count). The number of halogens is 5. The van der Waals surface area contributed by atoms with Gasteiger partial charge in [0.1, 0.15) is 6.63 Å². The van der Waals surface area contributed by atoms with Crippen LogP contribution in [0.25, 0.3) is 0 Å². The van der Waals surface area contributed by atoms with E-state index in [1.165, 1.54) is 12.1 Å². The molecule has 0 unspecified atom stereocenters. The van der Waals surface area contributed by atoms with Crippen molar-refractivity contribution < 1.29 is 13.2 Å². The quantitative estimate of drug-likeness (QED) is 0.549. The maximum atomic E-state index is 12.7. The lowest BCUT2D eigenvalue weighted by atomic mass is 10.2. The zero-order valence-electron chi connectivity index (χ0n) is 9.57. The molecule has 0 aliphatic carbocycles. The summed E-state index contributed by atoms with van der Waals surface area (Å²) in [5.74, 6) is 0. The summed E-state index contributed by atoms with van der Waals surface area (Å²) < 4.78 is 38.2. The summed E-state index contributed by atoms with van der Waals surface area (Å²) in [4.78, 5) is 0. The highest BCUT2D eigenvalue weighted by Crippen LogP contribution is 2.48. The topological polar surface area (TPSA) is 0 Å². The van der Waals surface area contributed by atoms with Gasteiger partial charge in [0.05, 0.1) is 13.6 Å². The van der Waals surface area contributed by atoms with Gasteiger partial charge in [0.15, 0.2) is 0 Å². The van der Waals surface area contributed by atoms with Crippen LogP contribution >= 0.6 is 29.1 Å². The molecule has 0 aliphatic rings. The van der Waals surface area contributed by atoms with E-state index >= 15 is 0 Å². The summed E-state index contributed by atoms with van der Waals surface area (Å²) in [5.41, 5.74) is -0.726. The highest BCUT2D eigenvalue weighted by atomic mass is 35.9. The van der Waals surface area contributed by atoms with E-state index in [-0.39, 0.29) is 5.30 Å². The highest BCUT2D eigenvalue weighted by molar-refractivity contribution is 8.09. The standard InChI is InChI=1S/C10H12Cl2F3PSi/c1-17(2,3)7-4-5-8(10(13,14)15)9(6-7)16(11)12/h4-6H,1-3H3. The maximum absolute atomic E-state index is 12.7. The van der Waals surface area contributed by atoms with Crippen molar-refractivity contribution in [2.45, 2.75) is 25.8 Å². The molecule has 0 atom stereocenters. The van der Waals surface area contributed by atoms with Gasteiger partial charge in [0.25, 0.3) is 0 Å². The first-order chi connectivity index (χ1) is 7.53. The van der Waals surface area contributed by atoms with Crippen molar-refractivity contribution in [1.29, 1.82) is 0 Å². The van der Waals surface area contributed by atoms with Gasteiger partial charge in [-0.05, 0) is 6.07 Å². The second-order valence-electron chi connectivity index (χ2n) is 4.71. The zero-order valence-corrected chi connectivity index (χ0v) is 13.0. The van der Waals surface area contributed by atoms with Crippen LogP contribution in [-0.2, 0) is 6.18 Å². The maximum Gasteiger partial charge on any atom is 0.417 e. The summed E-state index contributed by atoms with van der Waals surface area (Å²) in [6.07, 6.45) is -4.41. The van der Waals surface area contributed by atoms with Crippen molar-refractivity contribution >= 4 is 47.7 Å². The summed E-state index contributed by atoms with van der Waals surface area (Å²) in [7, 11) is -1.67. The van der Waals surface area contributed by atoms with Crippen LogP contribution < -0.4 is 10.5 Å². The molecule has 0 nitrogen and oxygen atoms in total. The Kier molecular flexibility index (Phi) is 4.57. The first-order valence-corrected chi connectivity index (χ1v) is 11.5. The molecule has 0 saturated heterocycles. The molecule has 0 aliphatic heterocycles. The van der Waals surface area contributed by atoms with Crippen molar-refractivity contribution in [2.24, 2.45) is 0 Å². The predicted molar refractivity (Wildman–Crippen MR) is 72.7 cm³/mol. The first-order valence-electron chi connectivity index (χ1n) is 4.87. The van der Waals surface area contributed by atoms with Crippen LogP contribution in [0.5, 0.6) is 0 Å². The Balaban J connectivity index is 3.38. The minimum atomic E-state index is -4.41. The molecule has 1 aromatic rings.